The molecule has 20 heavy (non-hydrogen) atoms. The van der Waals surface area contributed by atoms with Gasteiger partial charge in [-0.2, -0.15) is 0 Å². The summed E-state index contributed by atoms with van der Waals surface area (Å²) >= 11 is 3.68. The van der Waals surface area contributed by atoms with Gasteiger partial charge in [-0.05, 0) is 49.9 Å². The first-order valence-corrected chi connectivity index (χ1v) is 8.42. The summed E-state index contributed by atoms with van der Waals surface area (Å²) in [7, 11) is 0. The summed E-state index contributed by atoms with van der Waals surface area (Å²) in [5.41, 5.74) is 2.51. The van der Waals surface area contributed by atoms with Gasteiger partial charge in [-0.3, -0.25) is 0 Å². The molecule has 1 aliphatic rings. The van der Waals surface area contributed by atoms with E-state index in [0.29, 0.717) is 0 Å². The van der Waals surface area contributed by atoms with Crippen molar-refractivity contribution >= 4 is 21.6 Å². The van der Waals surface area contributed by atoms with Crippen molar-refractivity contribution < 1.29 is 5.11 Å². The molecule has 0 radical (unpaired) electrons. The smallest absolute Gasteiger partial charge is 0.0635 e. The van der Waals surface area contributed by atoms with Gasteiger partial charge in [-0.15, -0.1) is 0 Å². The van der Waals surface area contributed by atoms with Gasteiger partial charge in [0.2, 0.25) is 0 Å². The SMILES string of the molecule is CCCNCc1ccc(N2CCCCC2CO)cc1Br. The Labute approximate surface area is 130 Å². The predicted octanol–water partition coefficient (Wildman–Crippen LogP) is 3.30. The van der Waals surface area contributed by atoms with Crippen LogP contribution in [0.2, 0.25) is 0 Å². The second-order valence-electron chi connectivity index (χ2n) is 5.48. The van der Waals surface area contributed by atoms with Crippen LogP contribution >= 0.6 is 15.9 Å². The van der Waals surface area contributed by atoms with Crippen molar-refractivity contribution in [3.8, 4) is 0 Å². The average Bonchev–Trinajstić information content (AvgIpc) is 2.49. The zero-order chi connectivity index (χ0) is 14.4. The van der Waals surface area contributed by atoms with Gasteiger partial charge in [0, 0.05) is 23.2 Å². The molecule has 112 valence electrons. The molecule has 2 N–H and O–H groups in total. The normalized spacial score (nSPS) is 19.4. The molecule has 1 saturated heterocycles. The van der Waals surface area contributed by atoms with Crippen molar-refractivity contribution in [2.45, 2.75) is 45.2 Å². The van der Waals surface area contributed by atoms with Crippen molar-refractivity contribution in [2.24, 2.45) is 0 Å². The molecule has 1 aromatic carbocycles. The molecule has 0 amide bonds. The third kappa shape index (κ3) is 3.96. The minimum Gasteiger partial charge on any atom is -0.394 e. The number of hydrogen-bond acceptors (Lipinski definition) is 3. The monoisotopic (exact) mass is 340 g/mol. The Morgan fingerprint density at radius 3 is 2.95 bits per heavy atom. The Balaban J connectivity index is 2.07. The molecule has 1 atom stereocenters. The van der Waals surface area contributed by atoms with Crippen molar-refractivity contribution in [2.75, 3.05) is 24.6 Å². The minimum absolute atomic E-state index is 0.247. The van der Waals surface area contributed by atoms with Crippen LogP contribution < -0.4 is 10.2 Å². The van der Waals surface area contributed by atoms with Crippen molar-refractivity contribution in [3.63, 3.8) is 0 Å². The van der Waals surface area contributed by atoms with Crippen molar-refractivity contribution in [1.82, 2.24) is 5.32 Å². The number of aliphatic hydroxyl groups excluding tert-OH is 1. The lowest BCUT2D eigenvalue weighted by Gasteiger charge is -2.36. The lowest BCUT2D eigenvalue weighted by molar-refractivity contribution is 0.240. The van der Waals surface area contributed by atoms with E-state index in [1.165, 1.54) is 24.1 Å². The summed E-state index contributed by atoms with van der Waals surface area (Å²) in [6.45, 7) is 5.42. The van der Waals surface area contributed by atoms with Crippen LogP contribution in [0.1, 0.15) is 38.2 Å². The zero-order valence-electron chi connectivity index (χ0n) is 12.2. The summed E-state index contributed by atoms with van der Waals surface area (Å²) in [5, 5.41) is 13.0. The Bertz CT molecular complexity index is 425. The summed E-state index contributed by atoms with van der Waals surface area (Å²) in [6.07, 6.45) is 4.69. The Morgan fingerprint density at radius 2 is 2.25 bits per heavy atom. The molecule has 4 heteroatoms. The Hall–Kier alpha value is -0.580. The highest BCUT2D eigenvalue weighted by Gasteiger charge is 2.22. The molecular weight excluding hydrogens is 316 g/mol. The van der Waals surface area contributed by atoms with Gasteiger partial charge in [-0.25, -0.2) is 0 Å². The van der Waals surface area contributed by atoms with Gasteiger partial charge < -0.3 is 15.3 Å². The standard InChI is InChI=1S/C16H25BrN2O/c1-2-8-18-11-13-6-7-14(10-16(13)17)19-9-4-3-5-15(19)12-20/h6-7,10,15,18,20H,2-5,8-9,11-12H2,1H3. The van der Waals surface area contributed by atoms with Gasteiger partial charge in [-0.1, -0.05) is 28.9 Å². The van der Waals surface area contributed by atoms with E-state index >= 15 is 0 Å². The molecule has 0 bridgehead atoms. The first-order valence-electron chi connectivity index (χ1n) is 7.63. The van der Waals surface area contributed by atoms with Crippen LogP contribution in [-0.2, 0) is 6.54 Å². The molecule has 0 aliphatic carbocycles. The molecule has 0 saturated carbocycles. The third-order valence-electron chi connectivity index (χ3n) is 3.95. The predicted molar refractivity (Wildman–Crippen MR) is 88.2 cm³/mol. The molecule has 3 nitrogen and oxygen atoms in total. The number of aliphatic hydroxyl groups is 1. The number of hydrogen-bond donors (Lipinski definition) is 2. The number of piperidine rings is 1. The summed E-state index contributed by atoms with van der Waals surface area (Å²) < 4.78 is 1.15. The topological polar surface area (TPSA) is 35.5 Å². The van der Waals surface area contributed by atoms with Gasteiger partial charge in [0.1, 0.15) is 0 Å². The highest BCUT2D eigenvalue weighted by molar-refractivity contribution is 9.10. The van der Waals surface area contributed by atoms with Crippen LogP contribution in [0.3, 0.4) is 0 Å². The highest BCUT2D eigenvalue weighted by atomic mass is 79.9. The Morgan fingerprint density at radius 1 is 1.40 bits per heavy atom. The Kier molecular flexibility index (Phi) is 6.33. The third-order valence-corrected chi connectivity index (χ3v) is 4.69. The van der Waals surface area contributed by atoms with Crippen LogP contribution in [0.5, 0.6) is 0 Å². The maximum absolute atomic E-state index is 9.53. The van der Waals surface area contributed by atoms with E-state index in [0.717, 1.165) is 36.9 Å². The zero-order valence-corrected chi connectivity index (χ0v) is 13.8. The van der Waals surface area contributed by atoms with E-state index < -0.39 is 0 Å². The second kappa shape index (κ2) is 8.01. The van der Waals surface area contributed by atoms with E-state index in [2.05, 4.69) is 51.3 Å². The quantitative estimate of drug-likeness (QED) is 0.780. The van der Waals surface area contributed by atoms with Gasteiger partial charge in [0.25, 0.3) is 0 Å². The lowest BCUT2D eigenvalue weighted by Crippen LogP contribution is -2.41. The molecule has 0 spiro atoms. The number of nitrogens with zero attached hydrogens (tertiary/aromatic N) is 1. The first kappa shape index (κ1) is 15.8. The molecule has 1 aromatic rings. The molecule has 1 fully saturated rings. The van der Waals surface area contributed by atoms with Crippen molar-refractivity contribution in [3.05, 3.63) is 28.2 Å². The second-order valence-corrected chi connectivity index (χ2v) is 6.33. The van der Waals surface area contributed by atoms with Crippen LogP contribution in [0.25, 0.3) is 0 Å². The van der Waals surface area contributed by atoms with Crippen LogP contribution in [0.4, 0.5) is 5.69 Å². The van der Waals surface area contributed by atoms with Crippen LogP contribution in [-0.4, -0.2) is 30.8 Å². The van der Waals surface area contributed by atoms with Crippen LogP contribution in [0.15, 0.2) is 22.7 Å². The summed E-state index contributed by atoms with van der Waals surface area (Å²) in [4.78, 5) is 2.34. The van der Waals surface area contributed by atoms with Crippen molar-refractivity contribution in [1.29, 1.82) is 0 Å². The molecule has 0 aromatic heterocycles. The molecule has 1 heterocycles. The number of benzene rings is 1. The maximum atomic E-state index is 9.53. The molecule has 2 rings (SSSR count). The largest absolute Gasteiger partial charge is 0.394 e. The van der Waals surface area contributed by atoms with E-state index in [4.69, 9.17) is 0 Å². The maximum Gasteiger partial charge on any atom is 0.0635 e. The summed E-state index contributed by atoms with van der Waals surface area (Å²) in [5.74, 6) is 0. The minimum atomic E-state index is 0.247. The van der Waals surface area contributed by atoms with Gasteiger partial charge >= 0.3 is 0 Å². The number of halogens is 1. The molecule has 1 aliphatic heterocycles. The number of nitrogens with one attached hydrogen (secondary N) is 1. The van der Waals surface area contributed by atoms with E-state index in [-0.39, 0.29) is 12.6 Å². The van der Waals surface area contributed by atoms with E-state index in [1.807, 2.05) is 0 Å². The fourth-order valence-electron chi connectivity index (χ4n) is 2.79. The van der Waals surface area contributed by atoms with Gasteiger partial charge in [0.05, 0.1) is 12.6 Å². The number of anilines is 1. The van der Waals surface area contributed by atoms with E-state index in [9.17, 15) is 5.11 Å². The highest BCUT2D eigenvalue weighted by Crippen LogP contribution is 2.29. The molecular formula is C16H25BrN2O. The first-order chi connectivity index (χ1) is 9.76. The molecule has 1 unspecified atom stereocenters. The van der Waals surface area contributed by atoms with Crippen LogP contribution in [0, 0.1) is 0 Å². The fraction of sp³-hybridized carbons (Fsp3) is 0.625. The lowest BCUT2D eigenvalue weighted by atomic mass is 10.0. The summed E-state index contributed by atoms with van der Waals surface area (Å²) in [6, 6.07) is 6.84. The number of rotatable bonds is 6. The average molecular weight is 341 g/mol. The van der Waals surface area contributed by atoms with E-state index in [1.54, 1.807) is 0 Å². The fourth-order valence-corrected chi connectivity index (χ4v) is 3.30. The van der Waals surface area contributed by atoms with Gasteiger partial charge in [0.15, 0.2) is 0 Å².